The third-order valence-electron chi connectivity index (χ3n) is 2.46. The molecule has 0 heterocycles. The molecule has 1 nitrogen and oxygen atoms in total. The summed E-state index contributed by atoms with van der Waals surface area (Å²) >= 11 is 0. The van der Waals surface area contributed by atoms with Crippen molar-refractivity contribution in [3.63, 3.8) is 0 Å². The fraction of sp³-hybridized carbons (Fsp3) is 0.200. The van der Waals surface area contributed by atoms with Gasteiger partial charge < -0.3 is 4.90 Å². The number of hydrogen-bond acceptors (Lipinski definition) is 1. The number of benzene rings is 2. The lowest BCUT2D eigenvalue weighted by molar-refractivity contribution is 0.402. The van der Waals surface area contributed by atoms with Crippen molar-refractivity contribution in [2.24, 2.45) is 0 Å². The zero-order valence-corrected chi connectivity index (χ0v) is 9.77. The van der Waals surface area contributed by atoms with Crippen LogP contribution in [0.3, 0.4) is 0 Å². The Morgan fingerprint density at radius 3 is 2.44 bits per heavy atom. The highest BCUT2D eigenvalue weighted by Crippen LogP contribution is 2.19. The Balaban J connectivity index is 2.29. The maximum absolute atomic E-state index is 3.27. The quantitative estimate of drug-likeness (QED) is 0.752. The van der Waals surface area contributed by atoms with Crippen molar-refractivity contribution in [2.45, 2.75) is 6.54 Å². The van der Waals surface area contributed by atoms with Gasteiger partial charge in [-0.2, -0.15) is 0 Å². The minimum atomic E-state index is 0.931. The van der Waals surface area contributed by atoms with E-state index in [0.29, 0.717) is 0 Å². The Labute approximate surface area is 97.3 Å². The molecule has 0 bridgehead atoms. The Morgan fingerprint density at radius 1 is 1.00 bits per heavy atom. The SMILES string of the molecule is CN(C)Cc1[c]ccc(-c2ccccc2)c1. The molecule has 1 radical (unpaired) electrons. The molecule has 0 aliphatic carbocycles. The molecule has 0 saturated heterocycles. The van der Waals surface area contributed by atoms with Crippen molar-refractivity contribution in [3.05, 3.63) is 60.2 Å². The molecule has 0 N–H and O–H groups in total. The van der Waals surface area contributed by atoms with E-state index in [9.17, 15) is 0 Å². The molecule has 0 aliphatic heterocycles. The minimum Gasteiger partial charge on any atom is -0.305 e. The van der Waals surface area contributed by atoms with Crippen LogP contribution in [0.25, 0.3) is 11.1 Å². The fourth-order valence-corrected chi connectivity index (χ4v) is 1.76. The van der Waals surface area contributed by atoms with Crippen LogP contribution in [-0.2, 0) is 6.54 Å². The van der Waals surface area contributed by atoms with Gasteiger partial charge in [-0.1, -0.05) is 42.5 Å². The molecule has 2 aromatic carbocycles. The average molecular weight is 210 g/mol. The van der Waals surface area contributed by atoms with Gasteiger partial charge >= 0.3 is 0 Å². The van der Waals surface area contributed by atoms with Crippen LogP contribution in [-0.4, -0.2) is 19.0 Å². The fourth-order valence-electron chi connectivity index (χ4n) is 1.76. The summed E-state index contributed by atoms with van der Waals surface area (Å²) in [6.07, 6.45) is 0. The van der Waals surface area contributed by atoms with Gasteiger partial charge in [0.25, 0.3) is 0 Å². The van der Waals surface area contributed by atoms with E-state index in [-0.39, 0.29) is 0 Å². The second kappa shape index (κ2) is 4.95. The number of hydrogen-bond donors (Lipinski definition) is 0. The Morgan fingerprint density at radius 2 is 1.75 bits per heavy atom. The van der Waals surface area contributed by atoms with Crippen LogP contribution in [0.4, 0.5) is 0 Å². The third-order valence-corrected chi connectivity index (χ3v) is 2.46. The van der Waals surface area contributed by atoms with E-state index in [2.05, 4.69) is 61.5 Å². The van der Waals surface area contributed by atoms with Gasteiger partial charge in [0.1, 0.15) is 0 Å². The van der Waals surface area contributed by atoms with Crippen LogP contribution in [0, 0.1) is 6.07 Å². The summed E-state index contributed by atoms with van der Waals surface area (Å²) in [5.74, 6) is 0. The van der Waals surface area contributed by atoms with Crippen molar-refractivity contribution in [3.8, 4) is 11.1 Å². The second-order valence-electron chi connectivity index (χ2n) is 4.21. The molecule has 81 valence electrons. The van der Waals surface area contributed by atoms with Gasteiger partial charge in [0.15, 0.2) is 0 Å². The van der Waals surface area contributed by atoms with Gasteiger partial charge in [0.05, 0.1) is 0 Å². The first kappa shape index (κ1) is 10.9. The van der Waals surface area contributed by atoms with Crippen LogP contribution in [0.5, 0.6) is 0 Å². The van der Waals surface area contributed by atoms with Crippen LogP contribution >= 0.6 is 0 Å². The number of rotatable bonds is 3. The lowest BCUT2D eigenvalue weighted by Gasteiger charge is -2.10. The van der Waals surface area contributed by atoms with Crippen molar-refractivity contribution in [2.75, 3.05) is 14.1 Å². The van der Waals surface area contributed by atoms with Gasteiger partial charge in [0.2, 0.25) is 0 Å². The van der Waals surface area contributed by atoms with Crippen molar-refractivity contribution in [1.29, 1.82) is 0 Å². The standard InChI is InChI=1S/C15H16N/c1-16(2)12-13-7-6-10-15(11-13)14-8-4-3-5-9-14/h3-6,8-11H,12H2,1-2H3. The zero-order valence-electron chi connectivity index (χ0n) is 9.77. The molecule has 0 spiro atoms. The van der Waals surface area contributed by atoms with Crippen LogP contribution in [0.15, 0.2) is 48.5 Å². The van der Waals surface area contributed by atoms with Crippen LogP contribution in [0.1, 0.15) is 5.56 Å². The predicted molar refractivity (Wildman–Crippen MR) is 68.1 cm³/mol. The van der Waals surface area contributed by atoms with Crippen molar-refractivity contribution in [1.82, 2.24) is 4.90 Å². The molecular weight excluding hydrogens is 194 g/mol. The first-order valence-electron chi connectivity index (χ1n) is 5.46. The molecular formula is C15H16N. The molecule has 0 fully saturated rings. The first-order chi connectivity index (χ1) is 7.75. The van der Waals surface area contributed by atoms with Gasteiger partial charge in [0, 0.05) is 6.54 Å². The van der Waals surface area contributed by atoms with Gasteiger partial charge in [-0.25, -0.2) is 0 Å². The summed E-state index contributed by atoms with van der Waals surface area (Å²) in [6, 6.07) is 20.0. The van der Waals surface area contributed by atoms with Crippen molar-refractivity contribution >= 4 is 0 Å². The van der Waals surface area contributed by atoms with E-state index in [4.69, 9.17) is 0 Å². The summed E-state index contributed by atoms with van der Waals surface area (Å²) < 4.78 is 0. The lowest BCUT2D eigenvalue weighted by Crippen LogP contribution is -2.10. The van der Waals surface area contributed by atoms with Gasteiger partial charge in [-0.05, 0) is 42.9 Å². The smallest absolute Gasteiger partial charge is 0.0234 e. The summed E-state index contributed by atoms with van der Waals surface area (Å²) in [5.41, 5.74) is 3.75. The summed E-state index contributed by atoms with van der Waals surface area (Å²) in [7, 11) is 4.14. The molecule has 0 aliphatic rings. The average Bonchev–Trinajstić information content (AvgIpc) is 2.30. The van der Waals surface area contributed by atoms with E-state index in [1.165, 1.54) is 16.7 Å². The third kappa shape index (κ3) is 2.71. The summed E-state index contributed by atoms with van der Waals surface area (Å²) in [4.78, 5) is 2.15. The van der Waals surface area contributed by atoms with E-state index >= 15 is 0 Å². The maximum atomic E-state index is 3.27. The summed E-state index contributed by atoms with van der Waals surface area (Å²) in [5, 5.41) is 0. The molecule has 16 heavy (non-hydrogen) atoms. The van der Waals surface area contributed by atoms with Crippen LogP contribution < -0.4 is 0 Å². The molecule has 2 rings (SSSR count). The van der Waals surface area contributed by atoms with E-state index in [1.807, 2.05) is 12.1 Å². The van der Waals surface area contributed by atoms with Gasteiger partial charge in [-0.15, -0.1) is 0 Å². The Hall–Kier alpha value is -1.60. The zero-order chi connectivity index (χ0) is 11.4. The van der Waals surface area contributed by atoms with E-state index in [1.54, 1.807) is 0 Å². The Kier molecular flexibility index (Phi) is 3.37. The molecule has 2 aromatic rings. The molecule has 0 aromatic heterocycles. The highest BCUT2D eigenvalue weighted by molar-refractivity contribution is 5.63. The highest BCUT2D eigenvalue weighted by Gasteiger charge is 1.99. The monoisotopic (exact) mass is 210 g/mol. The molecule has 0 unspecified atom stereocenters. The maximum Gasteiger partial charge on any atom is 0.0234 e. The second-order valence-corrected chi connectivity index (χ2v) is 4.21. The van der Waals surface area contributed by atoms with E-state index < -0.39 is 0 Å². The normalized spacial score (nSPS) is 10.7. The largest absolute Gasteiger partial charge is 0.305 e. The first-order valence-corrected chi connectivity index (χ1v) is 5.46. The lowest BCUT2D eigenvalue weighted by atomic mass is 10.0. The predicted octanol–water partition coefficient (Wildman–Crippen LogP) is 3.22. The Bertz CT molecular complexity index is 446. The molecule has 0 amide bonds. The minimum absolute atomic E-state index is 0.931. The topological polar surface area (TPSA) is 3.24 Å². The number of nitrogens with zero attached hydrogens (tertiary/aromatic N) is 1. The highest BCUT2D eigenvalue weighted by atomic mass is 15.0. The summed E-state index contributed by atoms with van der Waals surface area (Å²) in [6.45, 7) is 0.931. The molecule has 0 atom stereocenters. The molecule has 0 saturated carbocycles. The molecule has 1 heteroatoms. The van der Waals surface area contributed by atoms with Crippen LogP contribution in [0.2, 0.25) is 0 Å². The van der Waals surface area contributed by atoms with Gasteiger partial charge in [-0.3, -0.25) is 0 Å². The van der Waals surface area contributed by atoms with Crippen molar-refractivity contribution < 1.29 is 0 Å². The van der Waals surface area contributed by atoms with E-state index in [0.717, 1.165) is 6.54 Å².